The normalized spacial score (nSPS) is 15.3. The van der Waals surface area contributed by atoms with Crippen LogP contribution in [0.4, 0.5) is 5.69 Å². The first-order valence-corrected chi connectivity index (χ1v) is 12.5. The molecule has 1 fully saturated rings. The van der Waals surface area contributed by atoms with Crippen LogP contribution in [0.5, 0.6) is 5.75 Å². The molecule has 2 aromatic heterocycles. The third kappa shape index (κ3) is 4.82. The van der Waals surface area contributed by atoms with Crippen LogP contribution in [0.25, 0.3) is 10.9 Å². The van der Waals surface area contributed by atoms with E-state index in [2.05, 4.69) is 49.4 Å². The smallest absolute Gasteiger partial charge is 0.253 e. The largest absolute Gasteiger partial charge is 0.495 e. The molecule has 4 aromatic rings. The van der Waals surface area contributed by atoms with Crippen LogP contribution in [0.1, 0.15) is 28.6 Å². The number of para-hydroxylation sites is 2. The highest BCUT2D eigenvalue weighted by Gasteiger charge is 2.33. The topological polar surface area (TPSA) is 101 Å². The quantitative estimate of drug-likeness (QED) is 0.392. The summed E-state index contributed by atoms with van der Waals surface area (Å²) in [6, 6.07) is 13.8. The van der Waals surface area contributed by atoms with E-state index >= 15 is 0 Å². The second-order valence-corrected chi connectivity index (χ2v) is 9.39. The number of hydrogen-bond donors (Lipinski definition) is 1. The maximum atomic E-state index is 13.6. The number of piperazine rings is 1. The van der Waals surface area contributed by atoms with E-state index in [0.717, 1.165) is 59.6 Å². The Morgan fingerprint density at radius 3 is 2.54 bits per heavy atom. The van der Waals surface area contributed by atoms with Gasteiger partial charge < -0.3 is 19.4 Å². The lowest BCUT2D eigenvalue weighted by Gasteiger charge is -2.40. The van der Waals surface area contributed by atoms with Crippen molar-refractivity contribution in [1.82, 2.24) is 30.1 Å². The number of nitrogens with zero attached hydrogens (tertiary/aromatic N) is 6. The minimum Gasteiger partial charge on any atom is -0.495 e. The molecule has 1 aliphatic heterocycles. The van der Waals surface area contributed by atoms with E-state index in [1.807, 2.05) is 37.3 Å². The van der Waals surface area contributed by atoms with Crippen molar-refractivity contribution < 1.29 is 9.47 Å². The van der Waals surface area contributed by atoms with Gasteiger partial charge in [-0.25, -0.2) is 4.68 Å². The number of ether oxygens (including phenoxy) is 2. The number of fused-ring (bicyclic) bond motifs is 1. The number of rotatable bonds is 8. The number of aryl methyl sites for hydroxylation is 2. The van der Waals surface area contributed by atoms with E-state index in [1.54, 1.807) is 18.9 Å². The summed E-state index contributed by atoms with van der Waals surface area (Å²) >= 11 is 0. The van der Waals surface area contributed by atoms with Crippen LogP contribution in [0, 0.1) is 13.8 Å². The van der Waals surface area contributed by atoms with Crippen LogP contribution in [0.15, 0.2) is 47.3 Å². The summed E-state index contributed by atoms with van der Waals surface area (Å²) in [4.78, 5) is 21.3. The summed E-state index contributed by atoms with van der Waals surface area (Å²) in [5.74, 6) is 1.49. The minimum atomic E-state index is -0.403. The van der Waals surface area contributed by atoms with Crippen molar-refractivity contribution in [2.24, 2.45) is 0 Å². The Kier molecular flexibility index (Phi) is 7.20. The molecule has 1 aliphatic rings. The summed E-state index contributed by atoms with van der Waals surface area (Å²) in [5.41, 5.74) is 4.60. The first kappa shape index (κ1) is 24.9. The average molecular weight is 504 g/mol. The maximum absolute atomic E-state index is 13.6. The molecule has 0 bridgehead atoms. The number of methoxy groups -OCH3 is 2. The fourth-order valence-electron chi connectivity index (χ4n) is 5.15. The molecule has 1 N–H and O–H groups in total. The summed E-state index contributed by atoms with van der Waals surface area (Å²) in [7, 11) is 3.35. The molecular weight excluding hydrogens is 470 g/mol. The van der Waals surface area contributed by atoms with E-state index in [4.69, 9.17) is 9.47 Å². The van der Waals surface area contributed by atoms with Crippen molar-refractivity contribution >= 4 is 16.6 Å². The predicted octanol–water partition coefficient (Wildman–Crippen LogP) is 2.70. The van der Waals surface area contributed by atoms with Gasteiger partial charge in [0.1, 0.15) is 11.8 Å². The van der Waals surface area contributed by atoms with E-state index < -0.39 is 6.04 Å². The Balaban J connectivity index is 1.54. The monoisotopic (exact) mass is 503 g/mol. The first-order chi connectivity index (χ1) is 18.0. The van der Waals surface area contributed by atoms with Gasteiger partial charge in [0.25, 0.3) is 5.56 Å². The molecule has 194 valence electrons. The number of tetrazole rings is 1. The molecule has 0 radical (unpaired) electrons. The molecule has 0 aliphatic carbocycles. The molecule has 0 amide bonds. The van der Waals surface area contributed by atoms with Crippen molar-refractivity contribution in [3.05, 3.63) is 75.3 Å². The summed E-state index contributed by atoms with van der Waals surface area (Å²) in [5, 5.41) is 13.6. The molecule has 0 unspecified atom stereocenters. The molecule has 37 heavy (non-hydrogen) atoms. The van der Waals surface area contributed by atoms with Crippen LogP contribution >= 0.6 is 0 Å². The third-order valence-corrected chi connectivity index (χ3v) is 7.18. The van der Waals surface area contributed by atoms with Crippen LogP contribution in [-0.4, -0.2) is 77.1 Å². The van der Waals surface area contributed by atoms with Crippen molar-refractivity contribution in [3.8, 4) is 5.75 Å². The van der Waals surface area contributed by atoms with Gasteiger partial charge in [0.2, 0.25) is 0 Å². The van der Waals surface area contributed by atoms with Gasteiger partial charge in [0.15, 0.2) is 5.82 Å². The number of aromatic amines is 1. The molecule has 10 heteroatoms. The Morgan fingerprint density at radius 2 is 1.78 bits per heavy atom. The molecule has 10 nitrogen and oxygen atoms in total. The van der Waals surface area contributed by atoms with E-state index in [9.17, 15) is 4.79 Å². The second-order valence-electron chi connectivity index (χ2n) is 9.39. The SMILES string of the molecule is COCCn1nnnc1[C@H](c1cc2c(C)ccc(C)c2[nH]c1=O)N1CCN(c2ccccc2OC)CC1. The zero-order valence-corrected chi connectivity index (χ0v) is 21.8. The van der Waals surface area contributed by atoms with Gasteiger partial charge in [0, 0.05) is 44.2 Å². The standard InChI is InChI=1S/C27H33N7O3/c1-18-9-10-19(2)24-20(18)17-21(27(35)28-24)25(26-29-30-31-34(26)15-16-36-3)33-13-11-32(12-14-33)22-7-5-6-8-23(22)37-4/h5-10,17,25H,11-16H2,1-4H3,(H,28,35)/t25-/m0/s1. The molecule has 2 aromatic carbocycles. The number of nitrogens with one attached hydrogen (secondary N) is 1. The fraction of sp³-hybridized carbons (Fsp3) is 0.407. The van der Waals surface area contributed by atoms with Crippen LogP contribution in [0.2, 0.25) is 0 Å². The Hall–Kier alpha value is -3.76. The Labute approximate surface area is 215 Å². The number of H-pyrrole nitrogens is 1. The molecule has 0 spiro atoms. The van der Waals surface area contributed by atoms with Crippen LogP contribution in [-0.2, 0) is 11.3 Å². The number of benzene rings is 2. The van der Waals surface area contributed by atoms with E-state index in [-0.39, 0.29) is 5.56 Å². The highest BCUT2D eigenvalue weighted by Crippen LogP contribution is 2.32. The van der Waals surface area contributed by atoms with Crippen LogP contribution in [0.3, 0.4) is 0 Å². The second kappa shape index (κ2) is 10.7. The lowest BCUT2D eigenvalue weighted by molar-refractivity contribution is 0.171. The molecule has 0 saturated carbocycles. The van der Waals surface area contributed by atoms with Gasteiger partial charge in [-0.05, 0) is 53.6 Å². The van der Waals surface area contributed by atoms with Gasteiger partial charge in [-0.2, -0.15) is 0 Å². The average Bonchev–Trinajstić information content (AvgIpc) is 3.38. The van der Waals surface area contributed by atoms with Crippen molar-refractivity contribution in [2.75, 3.05) is 51.9 Å². The highest BCUT2D eigenvalue weighted by molar-refractivity contribution is 5.85. The predicted molar refractivity (Wildman–Crippen MR) is 142 cm³/mol. The van der Waals surface area contributed by atoms with Crippen molar-refractivity contribution in [3.63, 3.8) is 0 Å². The van der Waals surface area contributed by atoms with Crippen molar-refractivity contribution in [2.45, 2.75) is 26.4 Å². The van der Waals surface area contributed by atoms with Gasteiger partial charge in [-0.3, -0.25) is 9.69 Å². The fourth-order valence-corrected chi connectivity index (χ4v) is 5.15. The zero-order valence-electron chi connectivity index (χ0n) is 21.8. The number of aromatic nitrogens is 5. The lowest BCUT2D eigenvalue weighted by atomic mass is 9.99. The number of hydrogen-bond acceptors (Lipinski definition) is 8. The van der Waals surface area contributed by atoms with Crippen molar-refractivity contribution in [1.29, 1.82) is 0 Å². The Morgan fingerprint density at radius 1 is 1.03 bits per heavy atom. The summed E-state index contributed by atoms with van der Waals surface area (Å²) < 4.78 is 12.6. The van der Waals surface area contributed by atoms with E-state index in [1.165, 1.54) is 0 Å². The number of pyridine rings is 1. The first-order valence-electron chi connectivity index (χ1n) is 12.5. The summed E-state index contributed by atoms with van der Waals surface area (Å²) in [6.07, 6.45) is 0. The third-order valence-electron chi connectivity index (χ3n) is 7.18. The zero-order chi connectivity index (χ0) is 25.9. The maximum Gasteiger partial charge on any atom is 0.253 e. The van der Waals surface area contributed by atoms with Gasteiger partial charge in [-0.15, -0.1) is 5.10 Å². The van der Waals surface area contributed by atoms with Gasteiger partial charge in [-0.1, -0.05) is 24.3 Å². The highest BCUT2D eigenvalue weighted by atomic mass is 16.5. The Bertz CT molecular complexity index is 1440. The van der Waals surface area contributed by atoms with Gasteiger partial charge in [0.05, 0.1) is 31.5 Å². The summed E-state index contributed by atoms with van der Waals surface area (Å²) in [6.45, 7) is 8.05. The molecule has 5 rings (SSSR count). The lowest BCUT2D eigenvalue weighted by Crippen LogP contribution is -2.49. The minimum absolute atomic E-state index is 0.125. The molecule has 1 atom stereocenters. The molecule has 1 saturated heterocycles. The van der Waals surface area contributed by atoms with E-state index in [0.29, 0.717) is 24.5 Å². The number of anilines is 1. The van der Waals surface area contributed by atoms with Crippen LogP contribution < -0.4 is 15.2 Å². The van der Waals surface area contributed by atoms with Gasteiger partial charge >= 0.3 is 0 Å². The molecular formula is C27H33N7O3. The molecule has 3 heterocycles.